The van der Waals surface area contributed by atoms with Crippen molar-refractivity contribution in [3.05, 3.63) is 58.7 Å². The smallest absolute Gasteiger partial charge is 0.306 e. The second-order valence-corrected chi connectivity index (χ2v) is 12.3. The Kier molecular flexibility index (Phi) is 26.1. The van der Waals surface area contributed by atoms with E-state index in [1.807, 2.05) is 0 Å². The summed E-state index contributed by atoms with van der Waals surface area (Å²) in [6.07, 6.45) is 35.5. The number of hydrogen-bond acceptors (Lipinski definition) is 2. The number of allylic oxidation sites excluding steroid dienone is 8. The largest absolute Gasteiger partial charge is 0.458 e. The van der Waals surface area contributed by atoms with Gasteiger partial charge in [-0.15, -0.1) is 0 Å². The number of ether oxygens (including phenoxy) is 1. The zero-order valence-electron chi connectivity index (χ0n) is 27.8. The molecule has 0 fully saturated rings. The highest BCUT2D eigenvalue weighted by atomic mass is 16.5. The molecule has 0 aliphatic rings. The molecule has 0 amide bonds. The molecule has 0 aromatic rings. The molecule has 2 nitrogen and oxygen atoms in total. The van der Waals surface area contributed by atoms with Gasteiger partial charge in [-0.05, 0) is 105 Å². The van der Waals surface area contributed by atoms with Gasteiger partial charge in [0, 0.05) is 12.8 Å². The third-order valence-electron chi connectivity index (χ3n) is 7.28. The van der Waals surface area contributed by atoms with Crippen molar-refractivity contribution in [3.63, 3.8) is 0 Å². The quantitative estimate of drug-likeness (QED) is 0.0637. The monoisotopic (exact) mass is 555 g/mol. The molecule has 0 aliphatic heterocycles. The predicted molar refractivity (Wildman–Crippen MR) is 179 cm³/mol. The maximum atomic E-state index is 12.7. The lowest BCUT2D eigenvalue weighted by Crippen LogP contribution is -2.16. The fraction of sp³-hybridized carbons (Fsp3) is 0.711. The van der Waals surface area contributed by atoms with Crippen LogP contribution in [0.3, 0.4) is 0 Å². The molecular formula is C38H66O2. The maximum absolute atomic E-state index is 12.7. The molecule has 0 aliphatic carbocycles. The summed E-state index contributed by atoms with van der Waals surface area (Å²) >= 11 is 0. The number of carbonyl (C=O) groups is 1. The van der Waals surface area contributed by atoms with E-state index in [1.165, 1.54) is 92.9 Å². The first-order chi connectivity index (χ1) is 19.2. The molecule has 40 heavy (non-hydrogen) atoms. The molecule has 1 unspecified atom stereocenters. The van der Waals surface area contributed by atoms with E-state index in [4.69, 9.17) is 4.74 Å². The van der Waals surface area contributed by atoms with E-state index in [-0.39, 0.29) is 12.1 Å². The Hall–Kier alpha value is -1.83. The van der Waals surface area contributed by atoms with E-state index >= 15 is 0 Å². The summed E-state index contributed by atoms with van der Waals surface area (Å²) in [7, 11) is 0. The fourth-order valence-corrected chi connectivity index (χ4v) is 4.72. The van der Waals surface area contributed by atoms with Gasteiger partial charge in [0.25, 0.3) is 0 Å². The van der Waals surface area contributed by atoms with E-state index in [0.29, 0.717) is 6.42 Å². The first-order valence-corrected chi connectivity index (χ1v) is 16.7. The number of esters is 1. The minimum absolute atomic E-state index is 0.0495. The van der Waals surface area contributed by atoms with E-state index in [0.717, 1.165) is 44.9 Å². The van der Waals surface area contributed by atoms with Crippen LogP contribution < -0.4 is 0 Å². The molecule has 0 rings (SSSR count). The fourth-order valence-electron chi connectivity index (χ4n) is 4.72. The highest BCUT2D eigenvalue weighted by molar-refractivity contribution is 5.69. The Bertz CT molecular complexity index is 769. The van der Waals surface area contributed by atoms with Gasteiger partial charge in [-0.3, -0.25) is 4.79 Å². The lowest BCUT2D eigenvalue weighted by molar-refractivity contribution is -0.146. The predicted octanol–water partition coefficient (Wildman–Crippen LogP) is 12.7. The summed E-state index contributed by atoms with van der Waals surface area (Å²) < 4.78 is 5.96. The van der Waals surface area contributed by atoms with Crippen molar-refractivity contribution in [3.8, 4) is 0 Å². The standard InChI is InChI=1S/C38H66O2/c1-8-9-10-11-12-13-14-15-16-17-18-19-20-21-22-29-38(39)40-37(32-36(7)28-24-26-34(4)5)31-30-35(6)27-23-25-33(2)3/h15-16,25-26,30,32,37H,8-14,17-24,27-29,31H2,1-7H3/b16-15+,35-30+,36-32+. The SMILES string of the molecule is CCCCCCCC/C=C/CCCCCCCC(=O)OC(/C=C(\C)CCC=C(C)C)C/C=C(\C)CCC=C(C)C. The van der Waals surface area contributed by atoms with Crippen LogP contribution in [0.4, 0.5) is 0 Å². The number of hydrogen-bond donors (Lipinski definition) is 0. The number of unbranched alkanes of at least 4 members (excludes halogenated alkanes) is 11. The second kappa shape index (κ2) is 27.3. The Morgan fingerprint density at radius 2 is 1.07 bits per heavy atom. The van der Waals surface area contributed by atoms with Gasteiger partial charge in [-0.25, -0.2) is 0 Å². The molecule has 0 heterocycles. The topological polar surface area (TPSA) is 26.3 Å². The first kappa shape index (κ1) is 38.2. The average molecular weight is 555 g/mol. The average Bonchev–Trinajstić information content (AvgIpc) is 2.89. The summed E-state index contributed by atoms with van der Waals surface area (Å²) in [5.74, 6) is -0.0495. The van der Waals surface area contributed by atoms with Gasteiger partial charge in [-0.1, -0.05) is 111 Å². The van der Waals surface area contributed by atoms with Crippen molar-refractivity contribution in [1.82, 2.24) is 0 Å². The van der Waals surface area contributed by atoms with Crippen molar-refractivity contribution >= 4 is 5.97 Å². The molecular weight excluding hydrogens is 488 g/mol. The summed E-state index contributed by atoms with van der Waals surface area (Å²) in [6.45, 7) is 15.2. The zero-order valence-corrected chi connectivity index (χ0v) is 27.8. The molecule has 2 heteroatoms. The van der Waals surface area contributed by atoms with Crippen molar-refractivity contribution in [2.45, 2.75) is 177 Å². The van der Waals surface area contributed by atoms with Crippen LogP contribution in [0.2, 0.25) is 0 Å². The summed E-state index contributed by atoms with van der Waals surface area (Å²) in [6, 6.07) is 0. The third-order valence-corrected chi connectivity index (χ3v) is 7.28. The molecule has 1 atom stereocenters. The summed E-state index contributed by atoms with van der Waals surface area (Å²) in [5.41, 5.74) is 5.38. The molecule has 0 N–H and O–H groups in total. The van der Waals surface area contributed by atoms with Crippen LogP contribution in [-0.4, -0.2) is 12.1 Å². The third kappa shape index (κ3) is 27.7. The molecule has 0 spiro atoms. The minimum Gasteiger partial charge on any atom is -0.458 e. The molecule has 230 valence electrons. The molecule has 0 aromatic heterocycles. The number of rotatable bonds is 25. The molecule has 0 aromatic carbocycles. The van der Waals surface area contributed by atoms with Crippen molar-refractivity contribution in [1.29, 1.82) is 0 Å². The second-order valence-electron chi connectivity index (χ2n) is 12.3. The Balaban J connectivity index is 4.36. The van der Waals surface area contributed by atoms with Gasteiger partial charge in [0.05, 0.1) is 0 Å². The van der Waals surface area contributed by atoms with E-state index in [1.54, 1.807) is 0 Å². The Labute approximate surface area is 250 Å². The lowest BCUT2D eigenvalue weighted by atomic mass is 10.0. The van der Waals surface area contributed by atoms with Crippen LogP contribution in [0.25, 0.3) is 0 Å². The number of carbonyl (C=O) groups excluding carboxylic acids is 1. The lowest BCUT2D eigenvalue weighted by Gasteiger charge is -2.15. The van der Waals surface area contributed by atoms with Crippen LogP contribution in [-0.2, 0) is 9.53 Å². The van der Waals surface area contributed by atoms with Crippen LogP contribution in [0.5, 0.6) is 0 Å². The van der Waals surface area contributed by atoms with Crippen LogP contribution >= 0.6 is 0 Å². The molecule has 0 radical (unpaired) electrons. The van der Waals surface area contributed by atoms with Crippen molar-refractivity contribution in [2.24, 2.45) is 0 Å². The van der Waals surface area contributed by atoms with E-state index in [9.17, 15) is 4.79 Å². The van der Waals surface area contributed by atoms with Gasteiger partial charge in [0.15, 0.2) is 0 Å². The summed E-state index contributed by atoms with van der Waals surface area (Å²) in [5, 5.41) is 0. The molecule has 0 bridgehead atoms. The van der Waals surface area contributed by atoms with Crippen LogP contribution in [0.15, 0.2) is 58.7 Å². The van der Waals surface area contributed by atoms with E-state index in [2.05, 4.69) is 84.9 Å². The normalized spacial score (nSPS) is 13.0. The van der Waals surface area contributed by atoms with Crippen LogP contribution in [0, 0.1) is 0 Å². The van der Waals surface area contributed by atoms with Gasteiger partial charge < -0.3 is 4.74 Å². The van der Waals surface area contributed by atoms with Gasteiger partial charge in [0.1, 0.15) is 6.10 Å². The van der Waals surface area contributed by atoms with Crippen molar-refractivity contribution in [2.75, 3.05) is 0 Å². The minimum atomic E-state index is -0.166. The molecule has 0 saturated heterocycles. The Morgan fingerprint density at radius 3 is 1.62 bits per heavy atom. The van der Waals surface area contributed by atoms with Gasteiger partial charge in [0.2, 0.25) is 0 Å². The van der Waals surface area contributed by atoms with Crippen LogP contribution in [0.1, 0.15) is 170 Å². The van der Waals surface area contributed by atoms with Gasteiger partial charge >= 0.3 is 5.97 Å². The maximum Gasteiger partial charge on any atom is 0.306 e. The highest BCUT2D eigenvalue weighted by Gasteiger charge is 2.12. The summed E-state index contributed by atoms with van der Waals surface area (Å²) in [4.78, 5) is 12.7. The highest BCUT2D eigenvalue weighted by Crippen LogP contribution is 2.16. The first-order valence-electron chi connectivity index (χ1n) is 16.7. The van der Waals surface area contributed by atoms with Gasteiger partial charge in [-0.2, -0.15) is 0 Å². The zero-order chi connectivity index (χ0) is 29.8. The van der Waals surface area contributed by atoms with E-state index < -0.39 is 0 Å². The molecule has 0 saturated carbocycles. The Morgan fingerprint density at radius 1 is 0.575 bits per heavy atom. The van der Waals surface area contributed by atoms with Crippen molar-refractivity contribution < 1.29 is 9.53 Å².